The monoisotopic (exact) mass is 575 g/mol. The van der Waals surface area contributed by atoms with E-state index in [1.165, 1.54) is 6.07 Å². The highest BCUT2D eigenvalue weighted by Gasteiger charge is 2.45. The number of halogens is 3. The van der Waals surface area contributed by atoms with Crippen LogP contribution >= 0.6 is 0 Å². The first-order valence-electron chi connectivity index (χ1n) is 13.5. The van der Waals surface area contributed by atoms with Crippen molar-refractivity contribution in [3.05, 3.63) is 70.8 Å². The number of ether oxygens (including phenoxy) is 1. The van der Waals surface area contributed by atoms with Gasteiger partial charge in [0.1, 0.15) is 12.2 Å². The lowest BCUT2D eigenvalue weighted by atomic mass is 9.75. The highest BCUT2D eigenvalue weighted by Crippen LogP contribution is 2.44. The third-order valence-electron chi connectivity index (χ3n) is 8.40. The molecule has 3 aliphatic heterocycles. The molecule has 0 radical (unpaired) electrons. The molecule has 1 atom stereocenters. The second-order valence-electron chi connectivity index (χ2n) is 11.5. The van der Waals surface area contributed by atoms with Gasteiger partial charge in [0.2, 0.25) is 0 Å². The van der Waals surface area contributed by atoms with Gasteiger partial charge in [0.05, 0.1) is 35.9 Å². The normalized spacial score (nSPS) is 22.2. The number of aryl methyl sites for hydroxylation is 1. The molecule has 6 rings (SSSR count). The molecule has 3 aromatic rings. The van der Waals surface area contributed by atoms with E-state index in [0.29, 0.717) is 36.8 Å². The van der Waals surface area contributed by atoms with Crippen molar-refractivity contribution < 1.29 is 26.3 Å². The van der Waals surface area contributed by atoms with Crippen LogP contribution in [0.4, 0.5) is 18.9 Å². The Morgan fingerprint density at radius 2 is 1.98 bits per heavy atom. The molecule has 12 heteroatoms. The van der Waals surface area contributed by atoms with Gasteiger partial charge < -0.3 is 9.30 Å². The predicted octanol–water partition coefficient (Wildman–Crippen LogP) is 4.29. The molecule has 4 heterocycles. The summed E-state index contributed by atoms with van der Waals surface area (Å²) in [5.41, 5.74) is 0.0449. The summed E-state index contributed by atoms with van der Waals surface area (Å²) in [6.45, 7) is 4.46. The minimum Gasteiger partial charge on any atom is -0.379 e. The Morgan fingerprint density at radius 1 is 1.18 bits per heavy atom. The Kier molecular flexibility index (Phi) is 6.70. The van der Waals surface area contributed by atoms with Crippen LogP contribution in [0.1, 0.15) is 47.8 Å². The molecule has 1 aromatic heterocycles. The quantitative estimate of drug-likeness (QED) is 0.437. The number of hydrogen-bond donors (Lipinski definition) is 0. The molecular weight excluding hydrogens is 543 g/mol. The minimum absolute atomic E-state index is 0.200. The summed E-state index contributed by atoms with van der Waals surface area (Å²) < 4.78 is 78.9. The van der Waals surface area contributed by atoms with E-state index < -0.39 is 27.2 Å². The number of fused-ring (bicyclic) bond motifs is 1. The molecule has 3 aliphatic rings. The fourth-order valence-electron chi connectivity index (χ4n) is 6.19. The smallest absolute Gasteiger partial charge is 0.379 e. The zero-order valence-electron chi connectivity index (χ0n) is 22.5. The summed E-state index contributed by atoms with van der Waals surface area (Å²) in [6.07, 6.45) is -0.458. The molecular formula is C28H32F3N5O3S. The van der Waals surface area contributed by atoms with Gasteiger partial charge in [0.15, 0.2) is 0 Å². The van der Waals surface area contributed by atoms with Gasteiger partial charge in [-0.15, -0.1) is 10.2 Å². The lowest BCUT2D eigenvalue weighted by Gasteiger charge is -2.42. The van der Waals surface area contributed by atoms with Crippen molar-refractivity contribution in [3.8, 4) is 0 Å². The highest BCUT2D eigenvalue weighted by atomic mass is 32.2. The molecule has 2 fully saturated rings. The number of likely N-dealkylation sites (tertiary alicyclic amines) is 1. The molecule has 0 aliphatic carbocycles. The summed E-state index contributed by atoms with van der Waals surface area (Å²) in [4.78, 5) is 1.85. The number of alkyl halides is 3. The summed E-state index contributed by atoms with van der Waals surface area (Å²) in [5, 5.41) is 8.13. The van der Waals surface area contributed by atoms with E-state index in [2.05, 4.69) is 22.0 Å². The van der Waals surface area contributed by atoms with Crippen LogP contribution in [0.5, 0.6) is 0 Å². The third kappa shape index (κ3) is 4.79. The molecule has 214 valence electrons. The average molecular weight is 576 g/mol. The summed E-state index contributed by atoms with van der Waals surface area (Å²) in [5.74, 6) is 1.22. The number of hydrogen-bond acceptors (Lipinski definition) is 6. The number of aromatic nitrogens is 3. The van der Waals surface area contributed by atoms with Crippen molar-refractivity contribution in [3.63, 3.8) is 0 Å². The van der Waals surface area contributed by atoms with Gasteiger partial charge in [-0.25, -0.2) is 8.42 Å². The Balaban J connectivity index is 1.35. The van der Waals surface area contributed by atoms with E-state index in [0.717, 1.165) is 47.7 Å². The molecule has 2 saturated heterocycles. The van der Waals surface area contributed by atoms with Crippen LogP contribution in [0, 0.1) is 5.92 Å². The fraction of sp³-hybridized carbons (Fsp3) is 0.500. The molecule has 0 amide bonds. The molecule has 8 nitrogen and oxygen atoms in total. The number of rotatable bonds is 6. The van der Waals surface area contributed by atoms with Crippen LogP contribution in [0.2, 0.25) is 0 Å². The van der Waals surface area contributed by atoms with Crippen LogP contribution in [0.3, 0.4) is 0 Å². The lowest BCUT2D eigenvalue weighted by Crippen LogP contribution is -2.49. The summed E-state index contributed by atoms with van der Waals surface area (Å²) in [7, 11) is -2.35. The van der Waals surface area contributed by atoms with Crippen molar-refractivity contribution in [1.82, 2.24) is 19.7 Å². The molecule has 0 N–H and O–H groups in total. The second kappa shape index (κ2) is 9.85. The van der Waals surface area contributed by atoms with Crippen molar-refractivity contribution >= 4 is 15.7 Å². The largest absolute Gasteiger partial charge is 0.416 e. The molecule has 0 saturated carbocycles. The topological polar surface area (TPSA) is 80.6 Å². The van der Waals surface area contributed by atoms with Crippen LogP contribution in [0.25, 0.3) is 0 Å². The van der Waals surface area contributed by atoms with Gasteiger partial charge in [-0.3, -0.25) is 9.21 Å². The first-order chi connectivity index (χ1) is 19.0. The fourth-order valence-corrected chi connectivity index (χ4v) is 7.90. The van der Waals surface area contributed by atoms with Crippen molar-refractivity contribution in [2.45, 2.75) is 55.8 Å². The molecule has 0 bridgehead atoms. The zero-order valence-corrected chi connectivity index (χ0v) is 23.3. The van der Waals surface area contributed by atoms with Gasteiger partial charge >= 0.3 is 6.18 Å². The van der Waals surface area contributed by atoms with E-state index in [9.17, 15) is 21.6 Å². The molecule has 2 aromatic carbocycles. The number of piperidine rings is 1. The number of anilines is 1. The van der Waals surface area contributed by atoms with Crippen molar-refractivity contribution in [2.24, 2.45) is 13.0 Å². The van der Waals surface area contributed by atoms with E-state index in [1.807, 2.05) is 17.7 Å². The maximum Gasteiger partial charge on any atom is 0.416 e. The van der Waals surface area contributed by atoms with E-state index in [4.69, 9.17) is 4.74 Å². The van der Waals surface area contributed by atoms with Crippen LogP contribution in [-0.2, 0) is 52.9 Å². The van der Waals surface area contributed by atoms with Gasteiger partial charge in [-0.05, 0) is 60.7 Å². The standard InChI is InChI=1S/C28H32F3N5O3S/c1-19-5-4-8-35(13-19)14-20-9-24(28(29,30)31)23-15-36(40(37,38)25(23)10-20)22-7-3-6-21(11-22)27(16-39-17-27)12-26-33-32-18-34(26)2/h3,6-7,9-11,18-19H,4-5,8,12-17H2,1-2H3/t19-/m0/s1. The lowest BCUT2D eigenvalue weighted by molar-refractivity contribution is -0.138. The number of benzene rings is 2. The minimum atomic E-state index is -4.67. The average Bonchev–Trinajstić information content (AvgIpc) is 3.39. The Hall–Kier alpha value is -2.96. The highest BCUT2D eigenvalue weighted by molar-refractivity contribution is 7.93. The van der Waals surface area contributed by atoms with Gasteiger partial charge in [-0.2, -0.15) is 13.2 Å². The van der Waals surface area contributed by atoms with Crippen LogP contribution in [0.15, 0.2) is 47.6 Å². The number of nitrogens with zero attached hydrogens (tertiary/aromatic N) is 5. The van der Waals surface area contributed by atoms with Gasteiger partial charge in [0.25, 0.3) is 10.0 Å². The third-order valence-corrected chi connectivity index (χ3v) is 10.2. The van der Waals surface area contributed by atoms with Crippen LogP contribution < -0.4 is 4.31 Å². The Labute approximate surface area is 231 Å². The van der Waals surface area contributed by atoms with Crippen LogP contribution in [-0.4, -0.2) is 54.4 Å². The zero-order chi connectivity index (χ0) is 28.3. The molecule has 0 unspecified atom stereocenters. The first-order valence-corrected chi connectivity index (χ1v) is 14.9. The summed E-state index contributed by atoms with van der Waals surface area (Å²) >= 11 is 0. The van der Waals surface area contributed by atoms with E-state index in [-0.39, 0.29) is 23.5 Å². The maximum absolute atomic E-state index is 14.3. The second-order valence-corrected chi connectivity index (χ2v) is 13.3. The first kappa shape index (κ1) is 27.2. The number of sulfonamides is 1. The maximum atomic E-state index is 14.3. The Morgan fingerprint density at radius 3 is 2.62 bits per heavy atom. The van der Waals surface area contributed by atoms with Gasteiger partial charge in [0, 0.05) is 37.5 Å². The Bertz CT molecular complexity index is 1530. The van der Waals surface area contributed by atoms with Crippen molar-refractivity contribution in [1.29, 1.82) is 0 Å². The van der Waals surface area contributed by atoms with Gasteiger partial charge in [-0.1, -0.05) is 19.1 Å². The summed E-state index contributed by atoms with van der Waals surface area (Å²) in [6, 6.07) is 9.61. The molecule has 40 heavy (non-hydrogen) atoms. The van der Waals surface area contributed by atoms with E-state index >= 15 is 0 Å². The predicted molar refractivity (Wildman–Crippen MR) is 142 cm³/mol. The van der Waals surface area contributed by atoms with E-state index in [1.54, 1.807) is 24.5 Å². The van der Waals surface area contributed by atoms with Crippen molar-refractivity contribution in [2.75, 3.05) is 30.6 Å². The SMILES string of the molecule is C[C@H]1CCCN(Cc2cc(C(F)(F)F)c3c(c2)S(=O)(=O)N(c2cccc(C4(Cc5nncn5C)COC4)c2)C3)C1. The molecule has 0 spiro atoms.